The first-order chi connectivity index (χ1) is 8.86. The number of hydrogen-bond donors (Lipinski definition) is 0. The van der Waals surface area contributed by atoms with Crippen molar-refractivity contribution in [1.82, 2.24) is 15.0 Å². The van der Waals surface area contributed by atoms with Gasteiger partial charge in [-0.2, -0.15) is 4.98 Å². The molecule has 0 amide bonds. The van der Waals surface area contributed by atoms with Crippen molar-refractivity contribution in [1.29, 1.82) is 0 Å². The van der Waals surface area contributed by atoms with Gasteiger partial charge in [0.05, 0.1) is 6.54 Å². The number of rotatable bonds is 3. The van der Waals surface area contributed by atoms with Gasteiger partial charge in [0, 0.05) is 5.56 Å². The van der Waals surface area contributed by atoms with Crippen LogP contribution in [0.3, 0.4) is 0 Å². The van der Waals surface area contributed by atoms with E-state index in [0.717, 1.165) is 5.56 Å². The molecule has 0 saturated carbocycles. The molecule has 0 atom stereocenters. The quantitative estimate of drug-likeness (QED) is 0.849. The molecule has 2 aromatic rings. The molecule has 1 heterocycles. The Hall–Kier alpha value is -1.68. The second-order valence-corrected chi connectivity index (χ2v) is 6.08. The molecule has 0 aliphatic heterocycles. The Kier molecular flexibility index (Phi) is 3.71. The van der Waals surface area contributed by atoms with E-state index in [1.807, 2.05) is 31.1 Å². The number of hydrogen-bond acceptors (Lipinski definition) is 4. The van der Waals surface area contributed by atoms with Crippen LogP contribution in [0, 0.1) is 0 Å². The summed E-state index contributed by atoms with van der Waals surface area (Å²) >= 11 is 0. The zero-order valence-electron chi connectivity index (χ0n) is 12.3. The minimum absolute atomic E-state index is 0.114. The number of nitrogens with zero attached hydrogens (tertiary/aromatic N) is 3. The van der Waals surface area contributed by atoms with Gasteiger partial charge in [0.15, 0.2) is 5.82 Å². The van der Waals surface area contributed by atoms with Crippen molar-refractivity contribution in [2.75, 3.05) is 14.1 Å². The van der Waals surface area contributed by atoms with Crippen LogP contribution in [0.2, 0.25) is 0 Å². The third-order valence-electron chi connectivity index (χ3n) is 2.90. The summed E-state index contributed by atoms with van der Waals surface area (Å²) in [5, 5.41) is 4.00. The molecule has 0 radical (unpaired) electrons. The van der Waals surface area contributed by atoms with Gasteiger partial charge < -0.3 is 9.42 Å². The van der Waals surface area contributed by atoms with Gasteiger partial charge in [-0.1, -0.05) is 38.1 Å². The molecule has 19 heavy (non-hydrogen) atoms. The van der Waals surface area contributed by atoms with Gasteiger partial charge in [0.25, 0.3) is 5.89 Å². The molecule has 2 rings (SSSR count). The van der Waals surface area contributed by atoms with Crippen LogP contribution in [0.15, 0.2) is 28.8 Å². The van der Waals surface area contributed by atoms with Gasteiger partial charge in [-0.25, -0.2) is 0 Å². The fourth-order valence-electron chi connectivity index (χ4n) is 1.84. The second-order valence-electron chi connectivity index (χ2n) is 6.08. The average Bonchev–Trinajstić information content (AvgIpc) is 2.76. The number of benzene rings is 1. The van der Waals surface area contributed by atoms with E-state index in [2.05, 4.69) is 43.0 Å². The Morgan fingerprint density at radius 3 is 2.58 bits per heavy atom. The first-order valence-electron chi connectivity index (χ1n) is 6.44. The van der Waals surface area contributed by atoms with Crippen molar-refractivity contribution in [3.63, 3.8) is 0 Å². The Morgan fingerprint density at radius 2 is 1.95 bits per heavy atom. The summed E-state index contributed by atoms with van der Waals surface area (Å²) in [5.74, 6) is 1.30. The van der Waals surface area contributed by atoms with Crippen LogP contribution < -0.4 is 0 Å². The van der Waals surface area contributed by atoms with Crippen molar-refractivity contribution in [2.45, 2.75) is 32.7 Å². The molecular formula is C15H21N3O. The maximum Gasteiger partial charge on any atom is 0.257 e. The normalized spacial score (nSPS) is 12.1. The molecule has 0 aliphatic rings. The fourth-order valence-corrected chi connectivity index (χ4v) is 1.84. The van der Waals surface area contributed by atoms with Crippen LogP contribution in [-0.4, -0.2) is 29.1 Å². The van der Waals surface area contributed by atoms with E-state index in [9.17, 15) is 0 Å². The highest BCUT2D eigenvalue weighted by Gasteiger charge is 2.16. The summed E-state index contributed by atoms with van der Waals surface area (Å²) in [6.07, 6.45) is 0. The number of aromatic nitrogens is 2. The summed E-state index contributed by atoms with van der Waals surface area (Å²) in [4.78, 5) is 6.44. The summed E-state index contributed by atoms with van der Waals surface area (Å²) in [6, 6.07) is 8.28. The first-order valence-corrected chi connectivity index (χ1v) is 6.44. The lowest BCUT2D eigenvalue weighted by Gasteiger charge is -2.19. The molecule has 1 aromatic heterocycles. The van der Waals surface area contributed by atoms with E-state index in [1.165, 1.54) is 5.56 Å². The molecule has 1 aromatic carbocycles. The van der Waals surface area contributed by atoms with Crippen LogP contribution in [0.25, 0.3) is 11.5 Å². The molecular weight excluding hydrogens is 238 g/mol. The maximum atomic E-state index is 5.33. The predicted octanol–water partition coefficient (Wildman–Crippen LogP) is 3.10. The van der Waals surface area contributed by atoms with Crippen molar-refractivity contribution < 1.29 is 4.52 Å². The molecule has 0 aliphatic carbocycles. The van der Waals surface area contributed by atoms with Crippen molar-refractivity contribution in [3.05, 3.63) is 35.7 Å². The fraction of sp³-hybridized carbons (Fsp3) is 0.467. The van der Waals surface area contributed by atoms with E-state index in [1.54, 1.807) is 0 Å². The van der Waals surface area contributed by atoms with Crippen LogP contribution in [-0.2, 0) is 12.0 Å². The molecule has 0 unspecified atom stereocenters. The highest BCUT2D eigenvalue weighted by molar-refractivity contribution is 5.54. The van der Waals surface area contributed by atoms with Crippen LogP contribution in [0.1, 0.15) is 32.2 Å². The van der Waals surface area contributed by atoms with E-state index < -0.39 is 0 Å². The lowest BCUT2D eigenvalue weighted by atomic mass is 9.86. The van der Waals surface area contributed by atoms with E-state index in [4.69, 9.17) is 4.52 Å². The van der Waals surface area contributed by atoms with Crippen LogP contribution in [0.4, 0.5) is 0 Å². The Labute approximate surface area is 114 Å². The summed E-state index contributed by atoms with van der Waals surface area (Å²) in [6.45, 7) is 7.26. The predicted molar refractivity (Wildman–Crippen MR) is 75.8 cm³/mol. The molecule has 0 saturated heterocycles. The Bertz CT molecular complexity index is 553. The van der Waals surface area contributed by atoms with Gasteiger partial charge in [0.2, 0.25) is 0 Å². The highest BCUT2D eigenvalue weighted by Crippen LogP contribution is 2.26. The monoisotopic (exact) mass is 259 g/mol. The SMILES string of the molecule is CN(C)Cc1noc(-c2cccc(C(C)(C)C)c2)n1. The van der Waals surface area contributed by atoms with Crippen molar-refractivity contribution in [2.24, 2.45) is 0 Å². The molecule has 0 spiro atoms. The standard InChI is InChI=1S/C15H21N3O/c1-15(2,3)12-8-6-7-11(9-12)14-16-13(17-19-14)10-18(4)5/h6-9H,10H2,1-5H3. The molecule has 102 valence electrons. The van der Waals surface area contributed by atoms with E-state index in [0.29, 0.717) is 18.3 Å². The zero-order chi connectivity index (χ0) is 14.0. The van der Waals surface area contributed by atoms with Crippen molar-refractivity contribution >= 4 is 0 Å². The van der Waals surface area contributed by atoms with Crippen molar-refractivity contribution in [3.8, 4) is 11.5 Å². The van der Waals surface area contributed by atoms with Gasteiger partial charge >= 0.3 is 0 Å². The summed E-state index contributed by atoms with van der Waals surface area (Å²) in [5.41, 5.74) is 2.35. The third kappa shape index (κ3) is 3.41. The molecule has 0 bridgehead atoms. The van der Waals surface area contributed by atoms with Crippen LogP contribution >= 0.6 is 0 Å². The Morgan fingerprint density at radius 1 is 1.21 bits per heavy atom. The van der Waals surface area contributed by atoms with Gasteiger partial charge in [0.1, 0.15) is 0 Å². The van der Waals surface area contributed by atoms with Gasteiger partial charge in [-0.15, -0.1) is 0 Å². The first kappa shape index (κ1) is 13.7. The smallest absolute Gasteiger partial charge is 0.257 e. The highest BCUT2D eigenvalue weighted by atomic mass is 16.5. The molecule has 4 nitrogen and oxygen atoms in total. The molecule has 0 fully saturated rings. The van der Waals surface area contributed by atoms with E-state index in [-0.39, 0.29) is 5.41 Å². The topological polar surface area (TPSA) is 42.2 Å². The maximum absolute atomic E-state index is 5.33. The molecule has 0 N–H and O–H groups in total. The second kappa shape index (κ2) is 5.13. The average molecular weight is 259 g/mol. The summed E-state index contributed by atoms with van der Waals surface area (Å²) < 4.78 is 5.33. The summed E-state index contributed by atoms with van der Waals surface area (Å²) in [7, 11) is 3.96. The third-order valence-corrected chi connectivity index (χ3v) is 2.90. The lowest BCUT2D eigenvalue weighted by molar-refractivity contribution is 0.365. The van der Waals surface area contributed by atoms with E-state index >= 15 is 0 Å². The zero-order valence-corrected chi connectivity index (χ0v) is 12.3. The van der Waals surface area contributed by atoms with Gasteiger partial charge in [-0.3, -0.25) is 0 Å². The minimum Gasteiger partial charge on any atom is -0.334 e. The van der Waals surface area contributed by atoms with Gasteiger partial charge in [-0.05, 0) is 37.2 Å². The minimum atomic E-state index is 0.114. The lowest BCUT2D eigenvalue weighted by Crippen LogP contribution is -2.11. The van der Waals surface area contributed by atoms with Crippen LogP contribution in [0.5, 0.6) is 0 Å². The largest absolute Gasteiger partial charge is 0.334 e. The molecule has 4 heteroatoms. The Balaban J connectivity index is 2.29.